The highest BCUT2D eigenvalue weighted by molar-refractivity contribution is 5.45. The zero-order chi connectivity index (χ0) is 13.7. The quantitative estimate of drug-likeness (QED) is 0.890. The van der Waals surface area contributed by atoms with E-state index in [9.17, 15) is 0 Å². The largest absolute Gasteiger partial charge is 0.381 e. The van der Waals surface area contributed by atoms with Gasteiger partial charge in [-0.05, 0) is 55.9 Å². The highest BCUT2D eigenvalue weighted by Crippen LogP contribution is 2.13. The van der Waals surface area contributed by atoms with Crippen molar-refractivity contribution in [3.8, 4) is 0 Å². The Kier molecular flexibility index (Phi) is 4.53. The minimum Gasteiger partial charge on any atom is -0.381 e. The zero-order valence-electron chi connectivity index (χ0n) is 11.9. The Labute approximate surface area is 115 Å². The second-order valence-electron chi connectivity index (χ2n) is 5.09. The molecule has 1 aromatic carbocycles. The first-order valence-corrected chi connectivity index (χ1v) is 6.52. The molecule has 0 atom stereocenters. The van der Waals surface area contributed by atoms with E-state index in [1.165, 1.54) is 16.7 Å². The summed E-state index contributed by atoms with van der Waals surface area (Å²) in [5, 5.41) is 3.43. The van der Waals surface area contributed by atoms with Gasteiger partial charge >= 0.3 is 0 Å². The van der Waals surface area contributed by atoms with Crippen LogP contribution in [0.1, 0.15) is 16.7 Å². The molecular formula is C16H21N3. The number of hydrogen-bond donors (Lipinski definition) is 1. The van der Waals surface area contributed by atoms with Crippen molar-refractivity contribution in [1.82, 2.24) is 9.88 Å². The molecule has 0 bridgehead atoms. The molecule has 0 saturated carbocycles. The van der Waals surface area contributed by atoms with Crippen LogP contribution < -0.4 is 5.32 Å². The molecule has 1 N–H and O–H groups in total. The van der Waals surface area contributed by atoms with Gasteiger partial charge in [0.1, 0.15) is 0 Å². The summed E-state index contributed by atoms with van der Waals surface area (Å²) >= 11 is 0. The molecule has 1 heterocycles. The van der Waals surface area contributed by atoms with E-state index in [-0.39, 0.29) is 0 Å². The third-order valence-electron chi connectivity index (χ3n) is 3.08. The number of hydrogen-bond acceptors (Lipinski definition) is 3. The SMILES string of the molecule is Cc1ccncc1CNc1ccc(CN(C)C)cc1. The van der Waals surface area contributed by atoms with E-state index in [2.05, 4.69) is 60.5 Å². The van der Waals surface area contributed by atoms with Crippen molar-refractivity contribution >= 4 is 5.69 Å². The maximum Gasteiger partial charge on any atom is 0.0418 e. The molecule has 19 heavy (non-hydrogen) atoms. The Hall–Kier alpha value is -1.87. The van der Waals surface area contributed by atoms with Crippen molar-refractivity contribution in [2.45, 2.75) is 20.0 Å². The highest BCUT2D eigenvalue weighted by Gasteiger charge is 1.99. The van der Waals surface area contributed by atoms with Crippen LogP contribution in [0.3, 0.4) is 0 Å². The van der Waals surface area contributed by atoms with E-state index in [1.54, 1.807) is 0 Å². The number of aromatic nitrogens is 1. The van der Waals surface area contributed by atoms with Crippen molar-refractivity contribution in [3.05, 3.63) is 59.4 Å². The fourth-order valence-corrected chi connectivity index (χ4v) is 1.97. The van der Waals surface area contributed by atoms with Crippen molar-refractivity contribution in [2.75, 3.05) is 19.4 Å². The van der Waals surface area contributed by atoms with Gasteiger partial charge in [0.2, 0.25) is 0 Å². The van der Waals surface area contributed by atoms with E-state index in [1.807, 2.05) is 18.5 Å². The summed E-state index contributed by atoms with van der Waals surface area (Å²) in [5.41, 5.74) is 4.98. The smallest absolute Gasteiger partial charge is 0.0418 e. The molecule has 3 nitrogen and oxygen atoms in total. The standard InChI is InChI=1S/C16H21N3/c1-13-8-9-17-10-15(13)11-18-16-6-4-14(5-7-16)12-19(2)3/h4-10,18H,11-12H2,1-3H3. The van der Waals surface area contributed by atoms with Crippen LogP contribution in [0, 0.1) is 6.92 Å². The van der Waals surface area contributed by atoms with Gasteiger partial charge in [0.15, 0.2) is 0 Å². The highest BCUT2D eigenvalue weighted by atomic mass is 15.0. The van der Waals surface area contributed by atoms with Crippen LogP contribution in [0.4, 0.5) is 5.69 Å². The number of nitrogens with one attached hydrogen (secondary N) is 1. The first-order chi connectivity index (χ1) is 9.15. The third kappa shape index (κ3) is 4.07. The lowest BCUT2D eigenvalue weighted by Crippen LogP contribution is -2.10. The molecular weight excluding hydrogens is 234 g/mol. The molecule has 2 rings (SSSR count). The van der Waals surface area contributed by atoms with Gasteiger partial charge in [0.25, 0.3) is 0 Å². The van der Waals surface area contributed by atoms with Crippen LogP contribution in [0.15, 0.2) is 42.7 Å². The predicted molar refractivity (Wildman–Crippen MR) is 80.1 cm³/mol. The second-order valence-corrected chi connectivity index (χ2v) is 5.09. The fraction of sp³-hybridized carbons (Fsp3) is 0.312. The molecule has 0 unspecified atom stereocenters. The van der Waals surface area contributed by atoms with Crippen LogP contribution in [0.5, 0.6) is 0 Å². The van der Waals surface area contributed by atoms with Crippen LogP contribution in [-0.4, -0.2) is 24.0 Å². The molecule has 100 valence electrons. The van der Waals surface area contributed by atoms with E-state index in [4.69, 9.17) is 0 Å². The predicted octanol–water partition coefficient (Wildman–Crippen LogP) is 3.06. The van der Waals surface area contributed by atoms with Crippen LogP contribution in [0.25, 0.3) is 0 Å². The van der Waals surface area contributed by atoms with Crippen molar-refractivity contribution in [1.29, 1.82) is 0 Å². The normalized spacial score (nSPS) is 10.7. The van der Waals surface area contributed by atoms with Gasteiger partial charge in [-0.2, -0.15) is 0 Å². The summed E-state index contributed by atoms with van der Waals surface area (Å²) in [6.07, 6.45) is 3.75. The zero-order valence-corrected chi connectivity index (χ0v) is 11.9. The first-order valence-electron chi connectivity index (χ1n) is 6.52. The lowest BCUT2D eigenvalue weighted by Gasteiger charge is -2.11. The summed E-state index contributed by atoms with van der Waals surface area (Å²) in [6, 6.07) is 10.6. The molecule has 0 aliphatic heterocycles. The number of aryl methyl sites for hydroxylation is 1. The van der Waals surface area contributed by atoms with E-state index < -0.39 is 0 Å². The van der Waals surface area contributed by atoms with Crippen LogP contribution >= 0.6 is 0 Å². The monoisotopic (exact) mass is 255 g/mol. The molecule has 0 aliphatic carbocycles. The topological polar surface area (TPSA) is 28.2 Å². The van der Waals surface area contributed by atoms with Crippen molar-refractivity contribution in [3.63, 3.8) is 0 Å². The summed E-state index contributed by atoms with van der Waals surface area (Å²) in [5.74, 6) is 0. The molecule has 0 radical (unpaired) electrons. The van der Waals surface area contributed by atoms with Gasteiger partial charge in [0.05, 0.1) is 0 Å². The molecule has 0 saturated heterocycles. The van der Waals surface area contributed by atoms with Gasteiger partial charge in [0, 0.05) is 31.2 Å². The van der Waals surface area contributed by atoms with E-state index >= 15 is 0 Å². The Bertz CT molecular complexity index is 518. The van der Waals surface area contributed by atoms with Gasteiger partial charge < -0.3 is 10.2 Å². The van der Waals surface area contributed by atoms with Crippen molar-refractivity contribution < 1.29 is 0 Å². The minimum absolute atomic E-state index is 0.812. The summed E-state index contributed by atoms with van der Waals surface area (Å²) in [7, 11) is 4.16. The Morgan fingerprint density at radius 1 is 1.11 bits per heavy atom. The number of benzene rings is 1. The molecule has 1 aromatic heterocycles. The third-order valence-corrected chi connectivity index (χ3v) is 3.08. The van der Waals surface area contributed by atoms with Gasteiger partial charge in [-0.15, -0.1) is 0 Å². The molecule has 0 fully saturated rings. The Balaban J connectivity index is 1.95. The molecule has 0 spiro atoms. The van der Waals surface area contributed by atoms with Crippen LogP contribution in [-0.2, 0) is 13.1 Å². The average molecular weight is 255 g/mol. The van der Waals surface area contributed by atoms with E-state index in [0.717, 1.165) is 18.8 Å². The summed E-state index contributed by atoms with van der Waals surface area (Å²) in [6.45, 7) is 3.90. The van der Waals surface area contributed by atoms with E-state index in [0.29, 0.717) is 0 Å². The molecule has 2 aromatic rings. The summed E-state index contributed by atoms with van der Waals surface area (Å²) < 4.78 is 0. The maximum absolute atomic E-state index is 4.16. The van der Waals surface area contributed by atoms with Crippen molar-refractivity contribution in [2.24, 2.45) is 0 Å². The molecule has 3 heteroatoms. The van der Waals surface area contributed by atoms with Gasteiger partial charge in [-0.3, -0.25) is 4.98 Å². The number of nitrogens with zero attached hydrogens (tertiary/aromatic N) is 2. The van der Waals surface area contributed by atoms with Gasteiger partial charge in [-0.25, -0.2) is 0 Å². The Morgan fingerprint density at radius 3 is 2.47 bits per heavy atom. The number of pyridine rings is 1. The molecule has 0 aliphatic rings. The number of rotatable bonds is 5. The summed E-state index contributed by atoms with van der Waals surface area (Å²) in [4.78, 5) is 6.33. The average Bonchev–Trinajstić information content (AvgIpc) is 2.39. The maximum atomic E-state index is 4.16. The minimum atomic E-state index is 0.812. The fourth-order valence-electron chi connectivity index (χ4n) is 1.97. The lowest BCUT2D eigenvalue weighted by atomic mass is 10.1. The Morgan fingerprint density at radius 2 is 1.84 bits per heavy atom. The van der Waals surface area contributed by atoms with Crippen LogP contribution in [0.2, 0.25) is 0 Å². The lowest BCUT2D eigenvalue weighted by molar-refractivity contribution is 0.402. The number of anilines is 1. The first kappa shape index (κ1) is 13.6. The second kappa shape index (κ2) is 6.34. The molecule has 0 amide bonds. The van der Waals surface area contributed by atoms with Gasteiger partial charge in [-0.1, -0.05) is 12.1 Å².